The van der Waals surface area contributed by atoms with Crippen LogP contribution in [0.25, 0.3) is 64.2 Å². The molecule has 0 saturated carbocycles. The number of rotatable bonds is 27. The molecule has 19 nitrogen and oxygen atoms in total. The largest absolute Gasteiger partial charge is 0.396 e. The molecule has 0 aliphatic carbocycles. The van der Waals surface area contributed by atoms with Gasteiger partial charge in [-0.15, -0.1) is 22.7 Å². The molecule has 7 heterocycles. The number of aromatic nitrogens is 4. The lowest BCUT2D eigenvalue weighted by molar-refractivity contribution is -0.138. The molecule has 9 atom stereocenters. The van der Waals surface area contributed by atoms with E-state index < -0.39 is 18.1 Å². The van der Waals surface area contributed by atoms with E-state index in [1.165, 1.54) is 11.3 Å². The van der Waals surface area contributed by atoms with Crippen molar-refractivity contribution in [1.82, 2.24) is 50.6 Å². The Bertz CT molecular complexity index is 4680. The second-order valence-electron chi connectivity index (χ2n) is 29.5. The number of benzene rings is 8. The third-order valence-corrected chi connectivity index (χ3v) is 24.9. The van der Waals surface area contributed by atoms with E-state index in [2.05, 4.69) is 93.7 Å². The maximum Gasteiger partial charge on any atom is 0.250 e. The van der Waals surface area contributed by atoms with Gasteiger partial charge in [-0.2, -0.15) is 0 Å². The number of carbonyl (C=O) groups is 6. The SMILES string of the molecule is C[C@@H](CCCO)C(=O)N[C@H](C(=O)N1CCC[C@H]1c1nc2c(-c3ccccc3)cccc2s1)c1ccccc1.C[C@H](CCCO)C(=O)N[C@H](C(=O)N1CCC[C@H]1c1nc2c(-c3ccccc3)cccc2s1)c1ccccc1.C[C@H](CCCO)C(=O)N[C@H](C(=O)N1CCC[C@H]1c1nc2c(-c3ccccc3)ccnc2s1)c1ccccc1. The van der Waals surface area contributed by atoms with E-state index in [0.717, 1.165) is 134 Å². The van der Waals surface area contributed by atoms with E-state index in [0.29, 0.717) is 58.2 Å². The molecule has 0 spiro atoms. The molecule has 3 saturated heterocycles. The van der Waals surface area contributed by atoms with E-state index in [9.17, 15) is 28.8 Å². The predicted octanol–water partition coefficient (Wildman–Crippen LogP) is 17.1. The maximum absolute atomic E-state index is 14.1. The van der Waals surface area contributed by atoms with Crippen molar-refractivity contribution in [2.75, 3.05) is 39.5 Å². The summed E-state index contributed by atoms with van der Waals surface area (Å²) < 4.78 is 2.21. The zero-order valence-corrected chi connectivity index (χ0v) is 67.0. The maximum atomic E-state index is 14.1. The van der Waals surface area contributed by atoms with Gasteiger partial charge in [0.05, 0.1) is 38.6 Å². The van der Waals surface area contributed by atoms with Gasteiger partial charge in [-0.05, 0) is 129 Å². The summed E-state index contributed by atoms with van der Waals surface area (Å²) >= 11 is 4.82. The smallest absolute Gasteiger partial charge is 0.250 e. The molecule has 3 aliphatic heterocycles. The zero-order chi connectivity index (χ0) is 79.5. The van der Waals surface area contributed by atoms with Gasteiger partial charge < -0.3 is 46.0 Å². The van der Waals surface area contributed by atoms with Crippen LogP contribution in [-0.4, -0.2) is 125 Å². The summed E-state index contributed by atoms with van der Waals surface area (Å²) in [5, 5.41) is 39.3. The highest BCUT2D eigenvalue weighted by Gasteiger charge is 2.41. The second-order valence-corrected chi connectivity index (χ2v) is 32.6. The molecule has 0 unspecified atom stereocenters. The van der Waals surface area contributed by atoms with Crippen LogP contribution in [0.5, 0.6) is 0 Å². The van der Waals surface area contributed by atoms with Gasteiger partial charge in [0.2, 0.25) is 35.4 Å². The summed E-state index contributed by atoms with van der Waals surface area (Å²) in [5.41, 5.74) is 11.6. The molecule has 0 radical (unpaired) electrons. The van der Waals surface area contributed by atoms with Crippen molar-refractivity contribution >= 4 is 100 Å². The second kappa shape index (κ2) is 39.4. The average Bonchev–Trinajstić information content (AvgIpc) is 1.64. The average molecular weight is 1580 g/mol. The first-order valence-electron chi connectivity index (χ1n) is 39.7. The van der Waals surface area contributed by atoms with Crippen molar-refractivity contribution in [3.05, 3.63) is 262 Å². The Labute approximate surface area is 677 Å². The van der Waals surface area contributed by atoms with E-state index >= 15 is 0 Å². The van der Waals surface area contributed by atoms with E-state index in [-0.39, 0.29) is 91.1 Å². The molecule has 6 N–H and O–H groups in total. The normalized spacial score (nSPS) is 16.9. The molecular weight excluding hydrogens is 1490 g/mol. The number of hydrogen-bond acceptors (Lipinski definition) is 16. The lowest BCUT2D eigenvalue weighted by atomic mass is 10.0. The predicted molar refractivity (Wildman–Crippen MR) is 452 cm³/mol. The lowest BCUT2D eigenvalue weighted by Gasteiger charge is -2.29. The highest BCUT2D eigenvalue weighted by molar-refractivity contribution is 7.19. The van der Waals surface area contributed by atoms with E-state index in [4.69, 9.17) is 30.3 Å². The molecule has 12 aromatic rings. The number of pyridine rings is 1. The number of nitrogens with zero attached hydrogens (tertiary/aromatic N) is 7. The van der Waals surface area contributed by atoms with E-state index in [1.54, 1.807) is 22.7 Å². The van der Waals surface area contributed by atoms with Gasteiger partial charge in [0, 0.05) is 80.1 Å². The van der Waals surface area contributed by atoms with Crippen LogP contribution in [0.4, 0.5) is 0 Å². The Kier molecular flexibility index (Phi) is 28.1. The fourth-order valence-electron chi connectivity index (χ4n) is 15.4. The molecular formula is C92H98N10O9S3. The van der Waals surface area contributed by atoms with Crippen molar-refractivity contribution in [3.8, 4) is 33.4 Å². The van der Waals surface area contributed by atoms with Gasteiger partial charge in [0.25, 0.3) is 0 Å². The van der Waals surface area contributed by atoms with Crippen molar-refractivity contribution in [2.45, 2.75) is 134 Å². The molecule has 4 aromatic heterocycles. The third kappa shape index (κ3) is 19.4. The van der Waals surface area contributed by atoms with Gasteiger partial charge >= 0.3 is 0 Å². The Hall–Kier alpha value is -10.7. The summed E-state index contributed by atoms with van der Waals surface area (Å²) in [6.45, 7) is 7.49. The number of likely N-dealkylation sites (tertiary alicyclic amines) is 3. The number of hydrogen-bond donors (Lipinski definition) is 6. The lowest BCUT2D eigenvalue weighted by Crippen LogP contribution is -2.44. The first-order chi connectivity index (χ1) is 55.7. The molecule has 6 amide bonds. The van der Waals surface area contributed by atoms with Crippen LogP contribution in [-0.2, 0) is 28.8 Å². The van der Waals surface area contributed by atoms with Crippen LogP contribution in [0.1, 0.15) is 166 Å². The molecule has 8 aromatic carbocycles. The topological polar surface area (TPSA) is 260 Å². The number of thiazole rings is 3. The van der Waals surface area contributed by atoms with Crippen LogP contribution in [0.2, 0.25) is 0 Å². The van der Waals surface area contributed by atoms with Gasteiger partial charge in [0.1, 0.15) is 43.5 Å². The third-order valence-electron chi connectivity index (χ3n) is 21.6. The molecule has 114 heavy (non-hydrogen) atoms. The monoisotopic (exact) mass is 1580 g/mol. The van der Waals surface area contributed by atoms with E-state index in [1.807, 2.05) is 193 Å². The van der Waals surface area contributed by atoms with Crippen LogP contribution in [0.3, 0.4) is 0 Å². The first-order valence-corrected chi connectivity index (χ1v) is 42.2. The van der Waals surface area contributed by atoms with Gasteiger partial charge in [-0.1, -0.05) is 238 Å². The minimum atomic E-state index is -0.784. The van der Waals surface area contributed by atoms with Crippen molar-refractivity contribution in [3.63, 3.8) is 0 Å². The molecule has 3 aliphatic rings. The number of fused-ring (bicyclic) bond motifs is 3. The number of nitrogens with one attached hydrogen (secondary N) is 3. The quantitative estimate of drug-likeness (QED) is 0.0280. The fraction of sp³-hybridized carbons (Fsp3) is 0.326. The minimum Gasteiger partial charge on any atom is -0.396 e. The van der Waals surface area contributed by atoms with Crippen molar-refractivity contribution in [1.29, 1.82) is 0 Å². The molecule has 22 heteroatoms. The molecule has 3 fully saturated rings. The Morgan fingerprint density at radius 1 is 0.377 bits per heavy atom. The van der Waals surface area contributed by atoms with Gasteiger partial charge in [-0.3, -0.25) is 28.8 Å². The number of carbonyl (C=O) groups excluding carboxylic acids is 6. The summed E-state index contributed by atoms with van der Waals surface area (Å²) in [7, 11) is 0. The number of aliphatic hydroxyl groups excluding tert-OH is 3. The minimum absolute atomic E-state index is 0.0388. The highest BCUT2D eigenvalue weighted by atomic mass is 32.1. The molecule has 0 bridgehead atoms. The van der Waals surface area contributed by atoms with Crippen LogP contribution < -0.4 is 16.0 Å². The van der Waals surface area contributed by atoms with Crippen LogP contribution >= 0.6 is 34.0 Å². The first kappa shape index (κ1) is 81.3. The highest BCUT2D eigenvalue weighted by Crippen LogP contribution is 2.44. The summed E-state index contributed by atoms with van der Waals surface area (Å²) in [4.78, 5) is 107. The summed E-state index contributed by atoms with van der Waals surface area (Å²) in [6, 6.07) is 70.7. The standard InChI is InChI=1S/2C31H33N3O3S.C30H32N4O3S/c2*1-21(11-10-20-35)29(36)32-27(23-14-6-3-7-15-23)31(37)34-19-9-17-25(34)30-33-28-24(16-8-18-26(28)38-30)22-12-4-2-5-13-22;1-20(10-9-19-35)27(36)32-25(22-13-6-3-7-14-22)30(37)34-18-8-15-24(34)28-33-26-23(16-17-31-29(26)38-28)21-11-4-2-5-12-21/h2*2-8,12-16,18,21,25,27,35H,9-11,17,19-20H2,1H3,(H,32,36);2-7,11-14,16-17,20,24-25,35H,8-10,15,18-19H2,1H3,(H,32,36)/t21-,25+,27+;21-,25-,27-;20-,24+,25+/m101/s1. The fourth-order valence-corrected chi connectivity index (χ4v) is 18.7. The Morgan fingerprint density at radius 3 is 1.00 bits per heavy atom. The van der Waals surface area contributed by atoms with Crippen LogP contribution in [0.15, 0.2) is 231 Å². The molecule has 588 valence electrons. The van der Waals surface area contributed by atoms with Gasteiger partial charge in [-0.25, -0.2) is 19.9 Å². The van der Waals surface area contributed by atoms with Crippen molar-refractivity contribution < 1.29 is 44.1 Å². The number of amides is 6. The van der Waals surface area contributed by atoms with Crippen molar-refractivity contribution in [2.24, 2.45) is 17.8 Å². The number of aliphatic hydroxyl groups is 3. The summed E-state index contributed by atoms with van der Waals surface area (Å²) in [5.74, 6) is -1.78. The molecule has 15 rings (SSSR count). The Morgan fingerprint density at radius 2 is 0.675 bits per heavy atom. The van der Waals surface area contributed by atoms with Gasteiger partial charge in [0.15, 0.2) is 0 Å². The Balaban J connectivity index is 0.000000149. The summed E-state index contributed by atoms with van der Waals surface area (Å²) in [6.07, 6.45) is 10.3. The van der Waals surface area contributed by atoms with Crippen LogP contribution in [0, 0.1) is 17.8 Å². The number of para-hydroxylation sites is 2. The zero-order valence-electron chi connectivity index (χ0n) is 64.5.